The minimum Gasteiger partial charge on any atom is -0.467 e. The first-order valence-corrected chi connectivity index (χ1v) is 7.52. The Bertz CT molecular complexity index is 644. The molecule has 0 saturated carbocycles. The van der Waals surface area contributed by atoms with E-state index in [1.165, 1.54) is 12.7 Å². The molecule has 1 amide bonds. The highest BCUT2D eigenvalue weighted by atomic mass is 16.5. The fraction of sp³-hybridized carbons (Fsp3) is 0.353. The van der Waals surface area contributed by atoms with Gasteiger partial charge in [-0.1, -0.05) is 30.3 Å². The van der Waals surface area contributed by atoms with Crippen LogP contribution in [0, 0.1) is 0 Å². The summed E-state index contributed by atoms with van der Waals surface area (Å²) in [4.78, 5) is 22.2. The Balaban J connectivity index is 1.92. The smallest absolute Gasteiger partial charge is 0.318 e. The van der Waals surface area contributed by atoms with Crippen LogP contribution in [0.25, 0.3) is 0 Å². The molecule has 0 radical (unpaired) electrons. The molecule has 1 heterocycles. The van der Waals surface area contributed by atoms with Crippen LogP contribution in [0.2, 0.25) is 0 Å². The van der Waals surface area contributed by atoms with Crippen molar-refractivity contribution in [1.29, 1.82) is 0 Å². The van der Waals surface area contributed by atoms with Gasteiger partial charge in [-0.05, 0) is 18.4 Å². The van der Waals surface area contributed by atoms with Crippen LogP contribution in [-0.2, 0) is 11.2 Å². The number of aryl methyl sites for hydroxylation is 1. The summed E-state index contributed by atoms with van der Waals surface area (Å²) in [5.41, 5.74) is 1.82. The number of anilines is 2. The molecule has 2 rings (SSSR count). The van der Waals surface area contributed by atoms with Crippen LogP contribution in [-0.4, -0.2) is 37.1 Å². The average Bonchev–Trinajstić information content (AvgIpc) is 2.56. The van der Waals surface area contributed by atoms with Gasteiger partial charge in [-0.3, -0.25) is 4.79 Å². The number of carbonyl (C=O) groups excluding carboxylic acids is 1. The van der Waals surface area contributed by atoms with Crippen LogP contribution in [0.3, 0.4) is 0 Å². The maximum atomic E-state index is 12.1. The highest BCUT2D eigenvalue weighted by molar-refractivity contribution is 5.93. The number of ether oxygens (including phenoxy) is 1. The molecular formula is C17H22N4O2. The Hall–Kier alpha value is -2.63. The van der Waals surface area contributed by atoms with Crippen molar-refractivity contribution in [3.8, 4) is 6.01 Å². The molecule has 0 aliphatic heterocycles. The zero-order valence-electron chi connectivity index (χ0n) is 13.7. The monoisotopic (exact) mass is 314 g/mol. The van der Waals surface area contributed by atoms with E-state index < -0.39 is 0 Å². The summed E-state index contributed by atoms with van der Waals surface area (Å²) in [5.74, 6) is 0.575. The molecule has 0 fully saturated rings. The molecule has 0 atom stereocenters. The second-order valence-corrected chi connectivity index (χ2v) is 5.38. The van der Waals surface area contributed by atoms with Crippen molar-refractivity contribution in [3.63, 3.8) is 0 Å². The number of carbonyl (C=O) groups is 1. The van der Waals surface area contributed by atoms with Gasteiger partial charge in [0.05, 0.1) is 13.3 Å². The lowest BCUT2D eigenvalue weighted by molar-refractivity contribution is -0.116. The van der Waals surface area contributed by atoms with Crippen molar-refractivity contribution in [2.45, 2.75) is 19.3 Å². The fourth-order valence-electron chi connectivity index (χ4n) is 2.20. The van der Waals surface area contributed by atoms with Crippen molar-refractivity contribution in [2.75, 3.05) is 31.4 Å². The van der Waals surface area contributed by atoms with Gasteiger partial charge in [-0.25, -0.2) is 4.98 Å². The first-order chi connectivity index (χ1) is 11.1. The molecule has 1 aromatic carbocycles. The number of hydrogen-bond donors (Lipinski definition) is 1. The summed E-state index contributed by atoms with van der Waals surface area (Å²) in [7, 11) is 5.22. The second kappa shape index (κ2) is 8.12. The molecule has 6 heteroatoms. The van der Waals surface area contributed by atoms with Crippen molar-refractivity contribution in [3.05, 3.63) is 42.1 Å². The summed E-state index contributed by atoms with van der Waals surface area (Å²) in [5, 5.41) is 2.87. The van der Waals surface area contributed by atoms with Crippen molar-refractivity contribution >= 4 is 17.4 Å². The van der Waals surface area contributed by atoms with E-state index in [9.17, 15) is 4.79 Å². The highest BCUT2D eigenvalue weighted by Crippen LogP contribution is 2.23. The maximum absolute atomic E-state index is 12.1. The van der Waals surface area contributed by atoms with Crippen LogP contribution in [0.15, 0.2) is 36.5 Å². The standard InChI is InChI=1S/C17H22N4O2/c1-21(2)16-14(12-18-17(20-16)23-3)19-15(22)11-7-10-13-8-5-4-6-9-13/h4-6,8-9,12H,7,10-11H2,1-3H3,(H,19,22). The third-order valence-electron chi connectivity index (χ3n) is 3.34. The summed E-state index contributed by atoms with van der Waals surface area (Å²) < 4.78 is 5.02. The normalized spacial score (nSPS) is 10.2. The second-order valence-electron chi connectivity index (χ2n) is 5.38. The Morgan fingerprint density at radius 3 is 2.65 bits per heavy atom. The first kappa shape index (κ1) is 16.7. The molecule has 23 heavy (non-hydrogen) atoms. The van der Waals surface area contributed by atoms with Gasteiger partial charge in [0.15, 0.2) is 5.82 Å². The van der Waals surface area contributed by atoms with Crippen LogP contribution in [0.5, 0.6) is 6.01 Å². The molecule has 0 aliphatic carbocycles. The van der Waals surface area contributed by atoms with Crippen molar-refractivity contribution < 1.29 is 9.53 Å². The van der Waals surface area contributed by atoms with Crippen LogP contribution >= 0.6 is 0 Å². The van der Waals surface area contributed by atoms with E-state index in [4.69, 9.17) is 4.74 Å². The lowest BCUT2D eigenvalue weighted by Gasteiger charge is -2.16. The summed E-state index contributed by atoms with van der Waals surface area (Å²) in [6, 6.07) is 10.4. The Morgan fingerprint density at radius 1 is 1.26 bits per heavy atom. The molecule has 6 nitrogen and oxygen atoms in total. The number of nitrogens with zero attached hydrogens (tertiary/aromatic N) is 3. The van der Waals surface area contributed by atoms with Gasteiger partial charge in [-0.2, -0.15) is 4.98 Å². The highest BCUT2D eigenvalue weighted by Gasteiger charge is 2.12. The van der Waals surface area contributed by atoms with E-state index in [0.717, 1.165) is 12.8 Å². The lowest BCUT2D eigenvalue weighted by atomic mass is 10.1. The molecule has 0 bridgehead atoms. The summed E-state index contributed by atoms with van der Waals surface area (Å²) in [6.45, 7) is 0. The van der Waals surface area contributed by atoms with Gasteiger partial charge < -0.3 is 15.0 Å². The number of methoxy groups -OCH3 is 1. The zero-order chi connectivity index (χ0) is 16.7. The van der Waals surface area contributed by atoms with Crippen molar-refractivity contribution in [1.82, 2.24) is 9.97 Å². The average molecular weight is 314 g/mol. The van der Waals surface area contributed by atoms with E-state index in [2.05, 4.69) is 27.4 Å². The van der Waals surface area contributed by atoms with Gasteiger partial charge >= 0.3 is 6.01 Å². The first-order valence-electron chi connectivity index (χ1n) is 7.52. The Morgan fingerprint density at radius 2 is 2.00 bits per heavy atom. The van der Waals surface area contributed by atoms with Gasteiger partial charge in [0.25, 0.3) is 0 Å². The van der Waals surface area contributed by atoms with Gasteiger partial charge in [0.2, 0.25) is 5.91 Å². The van der Waals surface area contributed by atoms with E-state index >= 15 is 0 Å². The SMILES string of the molecule is COc1ncc(NC(=O)CCCc2ccccc2)c(N(C)C)n1. The third kappa shape index (κ3) is 4.95. The van der Waals surface area contributed by atoms with Crippen LogP contribution in [0.1, 0.15) is 18.4 Å². The van der Waals surface area contributed by atoms with E-state index in [1.54, 1.807) is 6.20 Å². The molecular weight excluding hydrogens is 292 g/mol. The molecule has 122 valence electrons. The molecule has 1 aromatic heterocycles. The van der Waals surface area contributed by atoms with Crippen LogP contribution in [0.4, 0.5) is 11.5 Å². The zero-order valence-corrected chi connectivity index (χ0v) is 13.7. The minimum atomic E-state index is -0.0437. The van der Waals surface area contributed by atoms with Crippen LogP contribution < -0.4 is 15.0 Å². The number of benzene rings is 1. The van der Waals surface area contributed by atoms with Gasteiger partial charge in [0.1, 0.15) is 5.69 Å². The Kier molecular flexibility index (Phi) is 5.91. The maximum Gasteiger partial charge on any atom is 0.318 e. The quantitative estimate of drug-likeness (QED) is 0.850. The number of rotatable bonds is 7. The summed E-state index contributed by atoms with van der Waals surface area (Å²) in [6.07, 6.45) is 3.70. The summed E-state index contributed by atoms with van der Waals surface area (Å²) >= 11 is 0. The number of aromatic nitrogens is 2. The molecule has 2 aromatic rings. The molecule has 0 unspecified atom stereocenters. The predicted octanol–water partition coefficient (Wildman–Crippen LogP) is 2.51. The molecule has 0 saturated heterocycles. The molecule has 0 aliphatic rings. The van der Waals surface area contributed by atoms with E-state index in [-0.39, 0.29) is 11.9 Å². The Labute approximate surface area is 136 Å². The third-order valence-corrected chi connectivity index (χ3v) is 3.34. The minimum absolute atomic E-state index is 0.0437. The van der Waals surface area contributed by atoms with Crippen molar-refractivity contribution in [2.24, 2.45) is 0 Å². The predicted molar refractivity (Wildman–Crippen MR) is 90.9 cm³/mol. The molecule has 1 N–H and O–H groups in total. The fourth-order valence-corrected chi connectivity index (χ4v) is 2.20. The van der Waals surface area contributed by atoms with E-state index in [1.807, 2.05) is 37.2 Å². The number of nitrogens with one attached hydrogen (secondary N) is 1. The largest absolute Gasteiger partial charge is 0.467 e. The molecule has 0 spiro atoms. The van der Waals surface area contributed by atoms with Gasteiger partial charge in [-0.15, -0.1) is 0 Å². The lowest BCUT2D eigenvalue weighted by Crippen LogP contribution is -2.18. The topological polar surface area (TPSA) is 67.3 Å². The van der Waals surface area contributed by atoms with Gasteiger partial charge in [0, 0.05) is 20.5 Å². The number of hydrogen-bond acceptors (Lipinski definition) is 5. The number of amides is 1. The van der Waals surface area contributed by atoms with E-state index in [0.29, 0.717) is 17.9 Å².